The molecule has 1 saturated carbocycles. The van der Waals surface area contributed by atoms with Crippen molar-refractivity contribution in [2.45, 2.75) is 70.9 Å². The Labute approximate surface area is 188 Å². The molecular formula is C28H38N2O. The third-order valence-corrected chi connectivity index (χ3v) is 7.53. The highest BCUT2D eigenvalue weighted by molar-refractivity contribution is 5.94. The van der Waals surface area contributed by atoms with Crippen LogP contribution in [0.3, 0.4) is 0 Å². The Morgan fingerprint density at radius 2 is 1.61 bits per heavy atom. The summed E-state index contributed by atoms with van der Waals surface area (Å²) < 4.78 is 0. The standard InChI is InChI=1S/C28H38N2O/c1-23-11-13-25(14-12-23)21-29(27(31)26-9-5-3-6-10-26)22-28(17-7-4-8-18-28)30-19-15-24(2)16-20-30/h3,5-6,9-14,24H,4,7-8,15-22H2,1-2H3. The molecule has 0 bridgehead atoms. The number of carbonyl (C=O) groups excluding carboxylic acids is 1. The summed E-state index contributed by atoms with van der Waals surface area (Å²) in [5.74, 6) is 0.989. The molecule has 166 valence electrons. The maximum atomic E-state index is 13.7. The molecule has 0 unspecified atom stereocenters. The van der Waals surface area contributed by atoms with Gasteiger partial charge in [0.05, 0.1) is 0 Å². The molecule has 3 nitrogen and oxygen atoms in total. The molecule has 2 aliphatic rings. The maximum Gasteiger partial charge on any atom is 0.254 e. The molecular weight excluding hydrogens is 380 g/mol. The summed E-state index contributed by atoms with van der Waals surface area (Å²) in [6.07, 6.45) is 8.89. The number of aryl methyl sites for hydroxylation is 1. The predicted octanol–water partition coefficient (Wildman–Crippen LogP) is 6.07. The maximum absolute atomic E-state index is 13.7. The molecule has 0 radical (unpaired) electrons. The number of amides is 1. The van der Waals surface area contributed by atoms with Gasteiger partial charge in [0.2, 0.25) is 0 Å². The van der Waals surface area contributed by atoms with Crippen molar-refractivity contribution in [2.75, 3.05) is 19.6 Å². The average Bonchev–Trinajstić information content (AvgIpc) is 2.81. The molecule has 2 aromatic carbocycles. The van der Waals surface area contributed by atoms with Gasteiger partial charge >= 0.3 is 0 Å². The van der Waals surface area contributed by atoms with Crippen LogP contribution in [0.15, 0.2) is 54.6 Å². The van der Waals surface area contributed by atoms with Crippen LogP contribution >= 0.6 is 0 Å². The second kappa shape index (κ2) is 9.99. The van der Waals surface area contributed by atoms with Crippen molar-refractivity contribution in [2.24, 2.45) is 5.92 Å². The van der Waals surface area contributed by atoms with Crippen molar-refractivity contribution in [1.82, 2.24) is 9.80 Å². The minimum atomic E-state index is 0.132. The van der Waals surface area contributed by atoms with Crippen LogP contribution in [-0.4, -0.2) is 40.9 Å². The third-order valence-electron chi connectivity index (χ3n) is 7.53. The monoisotopic (exact) mass is 418 g/mol. The van der Waals surface area contributed by atoms with Gasteiger partial charge in [-0.25, -0.2) is 0 Å². The quantitative estimate of drug-likeness (QED) is 0.568. The van der Waals surface area contributed by atoms with Gasteiger partial charge in [0.25, 0.3) is 5.91 Å². The zero-order valence-corrected chi connectivity index (χ0v) is 19.4. The Balaban J connectivity index is 1.62. The van der Waals surface area contributed by atoms with Gasteiger partial charge in [-0.15, -0.1) is 0 Å². The van der Waals surface area contributed by atoms with Crippen LogP contribution in [0.5, 0.6) is 0 Å². The van der Waals surface area contributed by atoms with Gasteiger partial charge in [0.15, 0.2) is 0 Å². The number of benzene rings is 2. The third kappa shape index (κ3) is 5.38. The van der Waals surface area contributed by atoms with Crippen molar-refractivity contribution in [1.29, 1.82) is 0 Å². The Bertz CT molecular complexity index is 831. The van der Waals surface area contributed by atoms with Crippen LogP contribution in [0.1, 0.15) is 73.4 Å². The van der Waals surface area contributed by atoms with Crippen LogP contribution < -0.4 is 0 Å². The lowest BCUT2D eigenvalue weighted by molar-refractivity contribution is -0.00362. The highest BCUT2D eigenvalue weighted by atomic mass is 16.2. The molecule has 1 heterocycles. The first-order valence-electron chi connectivity index (χ1n) is 12.2. The van der Waals surface area contributed by atoms with Gasteiger partial charge in [-0.1, -0.05) is 74.2 Å². The van der Waals surface area contributed by atoms with Gasteiger partial charge in [-0.2, -0.15) is 0 Å². The average molecular weight is 419 g/mol. The van der Waals surface area contributed by atoms with Crippen molar-refractivity contribution >= 4 is 5.91 Å². The van der Waals surface area contributed by atoms with Crippen LogP contribution in [-0.2, 0) is 6.54 Å². The zero-order valence-electron chi connectivity index (χ0n) is 19.4. The number of rotatable bonds is 6. The van der Waals surface area contributed by atoms with Crippen LogP contribution in [0.2, 0.25) is 0 Å². The molecule has 31 heavy (non-hydrogen) atoms. The molecule has 1 amide bonds. The Morgan fingerprint density at radius 1 is 0.968 bits per heavy atom. The SMILES string of the molecule is Cc1ccc(CN(CC2(N3CCC(C)CC3)CCCCC2)C(=O)c2ccccc2)cc1. The van der Waals surface area contributed by atoms with E-state index in [9.17, 15) is 4.79 Å². The fraction of sp³-hybridized carbons (Fsp3) is 0.536. The van der Waals surface area contributed by atoms with Gasteiger partial charge in [-0.3, -0.25) is 9.69 Å². The summed E-state index contributed by atoms with van der Waals surface area (Å²) in [4.78, 5) is 18.6. The lowest BCUT2D eigenvalue weighted by Gasteiger charge is -2.51. The molecule has 2 fully saturated rings. The number of hydrogen-bond acceptors (Lipinski definition) is 2. The smallest absolute Gasteiger partial charge is 0.254 e. The van der Waals surface area contributed by atoms with Gasteiger partial charge in [-0.05, 0) is 69.3 Å². The van der Waals surface area contributed by atoms with E-state index in [1.807, 2.05) is 30.3 Å². The Kier molecular flexibility index (Phi) is 7.12. The highest BCUT2D eigenvalue weighted by Crippen LogP contribution is 2.37. The number of carbonyl (C=O) groups is 1. The minimum Gasteiger partial charge on any atom is -0.332 e. The topological polar surface area (TPSA) is 23.6 Å². The normalized spacial score (nSPS) is 19.8. The summed E-state index contributed by atoms with van der Waals surface area (Å²) in [6.45, 7) is 8.37. The van der Waals surface area contributed by atoms with E-state index in [4.69, 9.17) is 0 Å². The lowest BCUT2D eigenvalue weighted by atomic mass is 9.78. The summed E-state index contributed by atoms with van der Waals surface area (Å²) in [6, 6.07) is 18.5. The fourth-order valence-electron chi connectivity index (χ4n) is 5.50. The number of piperidine rings is 1. The minimum absolute atomic E-state index is 0.132. The summed E-state index contributed by atoms with van der Waals surface area (Å²) >= 11 is 0. The van der Waals surface area contributed by atoms with E-state index >= 15 is 0 Å². The molecule has 1 aliphatic carbocycles. The van der Waals surface area contributed by atoms with E-state index in [1.54, 1.807) is 0 Å². The molecule has 4 rings (SSSR count). The second-order valence-corrected chi connectivity index (χ2v) is 9.97. The zero-order chi connectivity index (χ0) is 21.7. The molecule has 1 saturated heterocycles. The molecule has 2 aromatic rings. The fourth-order valence-corrected chi connectivity index (χ4v) is 5.50. The first kappa shape index (κ1) is 22.1. The molecule has 0 atom stereocenters. The number of nitrogens with zero attached hydrogens (tertiary/aromatic N) is 2. The van der Waals surface area contributed by atoms with E-state index in [0.717, 1.165) is 18.0 Å². The van der Waals surface area contributed by atoms with E-state index in [2.05, 4.69) is 47.9 Å². The van der Waals surface area contributed by atoms with Crippen molar-refractivity contribution in [3.63, 3.8) is 0 Å². The van der Waals surface area contributed by atoms with Gasteiger partial charge in [0.1, 0.15) is 0 Å². The summed E-state index contributed by atoms with van der Waals surface area (Å²) in [5, 5.41) is 0. The van der Waals surface area contributed by atoms with Crippen LogP contribution in [0, 0.1) is 12.8 Å². The molecule has 1 aliphatic heterocycles. The molecule has 3 heteroatoms. The lowest BCUT2D eigenvalue weighted by Crippen LogP contribution is -2.59. The van der Waals surface area contributed by atoms with Crippen LogP contribution in [0.25, 0.3) is 0 Å². The number of likely N-dealkylation sites (tertiary alicyclic amines) is 1. The van der Waals surface area contributed by atoms with E-state index in [0.29, 0.717) is 6.54 Å². The molecule has 0 N–H and O–H groups in total. The molecule has 0 spiro atoms. The summed E-state index contributed by atoms with van der Waals surface area (Å²) in [7, 11) is 0. The highest BCUT2D eigenvalue weighted by Gasteiger charge is 2.41. The largest absolute Gasteiger partial charge is 0.332 e. The summed E-state index contributed by atoms with van der Waals surface area (Å²) in [5.41, 5.74) is 3.41. The Hall–Kier alpha value is -2.13. The molecule has 0 aromatic heterocycles. The first-order valence-corrected chi connectivity index (χ1v) is 12.2. The van der Waals surface area contributed by atoms with Gasteiger partial charge in [0, 0.05) is 24.2 Å². The second-order valence-electron chi connectivity index (χ2n) is 9.97. The van der Waals surface area contributed by atoms with Crippen molar-refractivity contribution in [3.8, 4) is 0 Å². The van der Waals surface area contributed by atoms with Gasteiger partial charge < -0.3 is 4.90 Å². The van der Waals surface area contributed by atoms with Crippen molar-refractivity contribution < 1.29 is 4.79 Å². The number of hydrogen-bond donors (Lipinski definition) is 0. The Morgan fingerprint density at radius 3 is 2.26 bits per heavy atom. The van der Waals surface area contributed by atoms with Crippen molar-refractivity contribution in [3.05, 3.63) is 71.3 Å². The van der Waals surface area contributed by atoms with Crippen LogP contribution in [0.4, 0.5) is 0 Å². The first-order chi connectivity index (χ1) is 15.1. The van der Waals surface area contributed by atoms with E-state index in [1.165, 1.54) is 69.2 Å². The van der Waals surface area contributed by atoms with E-state index < -0.39 is 0 Å². The predicted molar refractivity (Wildman–Crippen MR) is 128 cm³/mol. The van der Waals surface area contributed by atoms with E-state index in [-0.39, 0.29) is 11.4 Å².